The number of amides is 1. The zero-order valence-electron chi connectivity index (χ0n) is 16.7. The maximum Gasteiger partial charge on any atom is 0.387 e. The molecule has 8 nitrogen and oxygen atoms in total. The Hall–Kier alpha value is -2.69. The third-order valence-electron chi connectivity index (χ3n) is 4.56. The number of nitrogens with zero attached hydrogens (tertiary/aromatic N) is 1. The standard InChI is InChI=1S/C19H23F2NO7S/c1-12(18(24)22(2)14-8-9-30(25,26)11-14)28-17(23)7-5-13-4-6-15(29-19(20)21)16(10-13)27-3/h4-7,10,12,14,19H,8-9,11H2,1-3H3/b7-5+. The summed E-state index contributed by atoms with van der Waals surface area (Å²) in [5.41, 5.74) is 0.456. The summed E-state index contributed by atoms with van der Waals surface area (Å²) in [7, 11) is -0.389. The molecule has 1 aliphatic heterocycles. The number of halogens is 2. The number of alkyl halides is 2. The van der Waals surface area contributed by atoms with E-state index in [0.29, 0.717) is 12.0 Å². The number of hydrogen-bond donors (Lipinski definition) is 0. The number of carbonyl (C=O) groups excluding carboxylic acids is 2. The Morgan fingerprint density at radius 3 is 2.53 bits per heavy atom. The quantitative estimate of drug-likeness (QED) is 0.443. The first-order valence-electron chi connectivity index (χ1n) is 9.01. The van der Waals surface area contributed by atoms with Gasteiger partial charge in [0.15, 0.2) is 27.4 Å². The molecule has 0 radical (unpaired) electrons. The molecule has 0 saturated carbocycles. The molecule has 1 heterocycles. The van der Waals surface area contributed by atoms with E-state index in [1.165, 1.54) is 50.3 Å². The van der Waals surface area contributed by atoms with Gasteiger partial charge in [0.2, 0.25) is 0 Å². The molecular formula is C19H23F2NO7S. The number of hydrogen-bond acceptors (Lipinski definition) is 7. The summed E-state index contributed by atoms with van der Waals surface area (Å²) in [5.74, 6) is -1.48. The fourth-order valence-corrected chi connectivity index (χ4v) is 4.73. The van der Waals surface area contributed by atoms with Crippen LogP contribution in [-0.4, -0.2) is 69.6 Å². The molecule has 0 spiro atoms. The Kier molecular flexibility index (Phi) is 7.77. The fraction of sp³-hybridized carbons (Fsp3) is 0.474. The Morgan fingerprint density at radius 1 is 1.27 bits per heavy atom. The number of ether oxygens (including phenoxy) is 3. The highest BCUT2D eigenvalue weighted by Gasteiger charge is 2.34. The number of methoxy groups -OCH3 is 1. The van der Waals surface area contributed by atoms with Gasteiger partial charge in [-0.2, -0.15) is 8.78 Å². The monoisotopic (exact) mass is 447 g/mol. The lowest BCUT2D eigenvalue weighted by Gasteiger charge is -2.26. The van der Waals surface area contributed by atoms with E-state index in [-0.39, 0.29) is 23.0 Å². The largest absolute Gasteiger partial charge is 0.493 e. The minimum absolute atomic E-state index is 0.0246. The predicted octanol–water partition coefficient (Wildman–Crippen LogP) is 1.89. The number of likely N-dealkylation sites (N-methyl/N-ethyl adjacent to an activating group) is 1. The van der Waals surface area contributed by atoms with E-state index < -0.39 is 40.5 Å². The molecule has 1 aliphatic rings. The van der Waals surface area contributed by atoms with Crippen LogP contribution in [0.5, 0.6) is 11.5 Å². The topological polar surface area (TPSA) is 99.2 Å². The zero-order chi connectivity index (χ0) is 22.5. The molecule has 0 bridgehead atoms. The highest BCUT2D eigenvalue weighted by Crippen LogP contribution is 2.29. The molecule has 11 heteroatoms. The van der Waals surface area contributed by atoms with E-state index in [4.69, 9.17) is 9.47 Å². The average molecular weight is 447 g/mol. The van der Waals surface area contributed by atoms with Crippen LogP contribution in [0.2, 0.25) is 0 Å². The van der Waals surface area contributed by atoms with E-state index in [9.17, 15) is 26.8 Å². The summed E-state index contributed by atoms with van der Waals surface area (Å²) in [4.78, 5) is 25.7. The van der Waals surface area contributed by atoms with Crippen molar-refractivity contribution in [1.29, 1.82) is 0 Å². The molecule has 2 rings (SSSR count). The van der Waals surface area contributed by atoms with Crippen molar-refractivity contribution in [3.63, 3.8) is 0 Å². The summed E-state index contributed by atoms with van der Waals surface area (Å²) in [6, 6.07) is 3.66. The van der Waals surface area contributed by atoms with Gasteiger partial charge in [0.25, 0.3) is 5.91 Å². The molecule has 1 aromatic rings. The third-order valence-corrected chi connectivity index (χ3v) is 6.31. The van der Waals surface area contributed by atoms with E-state index in [1.807, 2.05) is 0 Å². The first-order chi connectivity index (χ1) is 14.0. The van der Waals surface area contributed by atoms with Gasteiger partial charge >= 0.3 is 12.6 Å². The molecular weight excluding hydrogens is 424 g/mol. The summed E-state index contributed by atoms with van der Waals surface area (Å²) in [6.45, 7) is -1.61. The lowest BCUT2D eigenvalue weighted by atomic mass is 10.2. The van der Waals surface area contributed by atoms with Crippen molar-refractivity contribution in [2.24, 2.45) is 0 Å². The maximum atomic E-state index is 12.4. The van der Waals surface area contributed by atoms with Crippen LogP contribution < -0.4 is 9.47 Å². The van der Waals surface area contributed by atoms with Crippen molar-refractivity contribution in [3.8, 4) is 11.5 Å². The summed E-state index contributed by atoms with van der Waals surface area (Å²) in [5, 5.41) is 0. The van der Waals surface area contributed by atoms with Crippen molar-refractivity contribution >= 4 is 27.8 Å². The minimum atomic E-state index is -3.15. The van der Waals surface area contributed by atoms with Crippen LogP contribution in [0.4, 0.5) is 8.78 Å². The van der Waals surface area contributed by atoms with Crippen molar-refractivity contribution in [2.75, 3.05) is 25.7 Å². The normalized spacial score (nSPS) is 18.9. The molecule has 1 saturated heterocycles. The van der Waals surface area contributed by atoms with E-state index in [0.717, 1.165) is 6.08 Å². The molecule has 166 valence electrons. The molecule has 2 unspecified atom stereocenters. The number of sulfone groups is 1. The van der Waals surface area contributed by atoms with Crippen molar-refractivity contribution < 1.29 is 41.0 Å². The molecule has 0 aliphatic carbocycles. The molecule has 1 aromatic carbocycles. The highest BCUT2D eigenvalue weighted by atomic mass is 32.2. The van der Waals surface area contributed by atoms with E-state index in [2.05, 4.69) is 4.74 Å². The van der Waals surface area contributed by atoms with Gasteiger partial charge in [-0.3, -0.25) is 4.79 Å². The molecule has 30 heavy (non-hydrogen) atoms. The Morgan fingerprint density at radius 2 is 1.97 bits per heavy atom. The van der Waals surface area contributed by atoms with Crippen LogP contribution in [0.15, 0.2) is 24.3 Å². The van der Waals surface area contributed by atoms with Crippen LogP contribution in [0.3, 0.4) is 0 Å². The Balaban J connectivity index is 1.96. The fourth-order valence-electron chi connectivity index (χ4n) is 2.96. The van der Waals surface area contributed by atoms with Gasteiger partial charge in [0, 0.05) is 19.2 Å². The van der Waals surface area contributed by atoms with Gasteiger partial charge < -0.3 is 19.1 Å². The minimum Gasteiger partial charge on any atom is -0.493 e. The second kappa shape index (κ2) is 9.88. The first-order valence-corrected chi connectivity index (χ1v) is 10.8. The number of esters is 1. The van der Waals surface area contributed by atoms with Gasteiger partial charge in [-0.05, 0) is 37.1 Å². The third kappa shape index (κ3) is 6.41. The van der Waals surface area contributed by atoms with E-state index in [1.54, 1.807) is 0 Å². The molecule has 1 amide bonds. The van der Waals surface area contributed by atoms with Gasteiger partial charge in [0.1, 0.15) is 0 Å². The van der Waals surface area contributed by atoms with Crippen LogP contribution in [-0.2, 0) is 24.2 Å². The molecule has 0 aromatic heterocycles. The average Bonchev–Trinajstić information content (AvgIpc) is 3.05. The predicted molar refractivity (Wildman–Crippen MR) is 104 cm³/mol. The van der Waals surface area contributed by atoms with Crippen molar-refractivity contribution in [3.05, 3.63) is 29.8 Å². The molecule has 1 fully saturated rings. The maximum absolute atomic E-state index is 12.4. The van der Waals surface area contributed by atoms with Crippen LogP contribution in [0.1, 0.15) is 18.9 Å². The highest BCUT2D eigenvalue weighted by molar-refractivity contribution is 7.91. The smallest absolute Gasteiger partial charge is 0.387 e. The summed E-state index contributed by atoms with van der Waals surface area (Å²) < 4.78 is 62.2. The van der Waals surface area contributed by atoms with Crippen LogP contribution in [0, 0.1) is 0 Å². The van der Waals surface area contributed by atoms with E-state index >= 15 is 0 Å². The Bertz CT molecular complexity index is 917. The van der Waals surface area contributed by atoms with Crippen LogP contribution in [0.25, 0.3) is 6.08 Å². The number of rotatable bonds is 8. The number of benzene rings is 1. The summed E-state index contributed by atoms with van der Waals surface area (Å²) >= 11 is 0. The molecule has 0 N–H and O–H groups in total. The van der Waals surface area contributed by atoms with Crippen LogP contribution >= 0.6 is 0 Å². The lowest BCUT2D eigenvalue weighted by molar-refractivity contribution is -0.155. The first kappa shape index (κ1) is 23.6. The number of carbonyl (C=O) groups is 2. The van der Waals surface area contributed by atoms with Gasteiger partial charge in [-0.25, -0.2) is 13.2 Å². The second-order valence-corrected chi connectivity index (χ2v) is 8.94. The van der Waals surface area contributed by atoms with Crippen molar-refractivity contribution in [2.45, 2.75) is 32.1 Å². The van der Waals surface area contributed by atoms with Gasteiger partial charge in [-0.1, -0.05) is 6.07 Å². The SMILES string of the molecule is COc1cc(/C=C/C(=O)OC(C)C(=O)N(C)C2CCS(=O)(=O)C2)ccc1OC(F)F. The second-order valence-electron chi connectivity index (χ2n) is 6.71. The Labute approximate surface area is 173 Å². The van der Waals surface area contributed by atoms with Crippen molar-refractivity contribution in [1.82, 2.24) is 4.90 Å². The van der Waals surface area contributed by atoms with Gasteiger partial charge in [-0.15, -0.1) is 0 Å². The van der Waals surface area contributed by atoms with Gasteiger partial charge in [0.05, 0.1) is 18.6 Å². The lowest BCUT2D eigenvalue weighted by Crippen LogP contribution is -2.44. The summed E-state index contributed by atoms with van der Waals surface area (Å²) in [6.07, 6.45) is 1.68. The molecule has 2 atom stereocenters. The zero-order valence-corrected chi connectivity index (χ0v) is 17.5.